The largest absolute Gasteiger partial charge is 0.389 e. The molecule has 0 radical (unpaired) electrons. The molecule has 1 N–H and O–H groups in total. The second-order valence-electron chi connectivity index (χ2n) is 7.87. The smallest absolute Gasteiger partial charge is 0.225 e. The first-order valence-corrected chi connectivity index (χ1v) is 8.18. The van der Waals surface area contributed by atoms with Crippen molar-refractivity contribution in [2.24, 2.45) is 17.3 Å². The minimum Gasteiger partial charge on any atom is -0.389 e. The van der Waals surface area contributed by atoms with E-state index in [4.69, 9.17) is 0 Å². The van der Waals surface area contributed by atoms with Crippen molar-refractivity contribution in [3.8, 4) is 0 Å². The second kappa shape index (κ2) is 5.65. The van der Waals surface area contributed by atoms with E-state index in [2.05, 4.69) is 31.1 Å². The molecule has 0 bridgehead atoms. The van der Waals surface area contributed by atoms with Gasteiger partial charge in [-0.2, -0.15) is 0 Å². The molecule has 0 spiro atoms. The van der Waals surface area contributed by atoms with Crippen LogP contribution in [0.3, 0.4) is 0 Å². The van der Waals surface area contributed by atoms with Crippen LogP contribution < -0.4 is 0 Å². The summed E-state index contributed by atoms with van der Waals surface area (Å²) in [6.45, 7) is 7.65. The molecule has 1 amide bonds. The molecule has 22 heavy (non-hydrogen) atoms. The Balaban J connectivity index is 1.68. The predicted octanol–water partition coefficient (Wildman–Crippen LogP) is 1.48. The van der Waals surface area contributed by atoms with Crippen LogP contribution in [0.15, 0.2) is 12.4 Å². The van der Waals surface area contributed by atoms with Crippen LogP contribution in [-0.2, 0) is 4.79 Å². The van der Waals surface area contributed by atoms with Crippen LogP contribution in [0.4, 0.5) is 0 Å². The molecule has 1 saturated carbocycles. The van der Waals surface area contributed by atoms with Crippen molar-refractivity contribution in [3.63, 3.8) is 0 Å². The number of likely N-dealkylation sites (tertiary alicyclic amines) is 1. The number of carbonyl (C=O) groups excluding carboxylic acids is 1. The zero-order chi connectivity index (χ0) is 15.9. The molecule has 122 valence electrons. The lowest BCUT2D eigenvalue weighted by atomic mass is 9.67. The van der Waals surface area contributed by atoms with Gasteiger partial charge >= 0.3 is 0 Å². The van der Waals surface area contributed by atoms with Crippen molar-refractivity contribution in [1.29, 1.82) is 0 Å². The number of aliphatic hydroxyl groups excluding tert-OH is 1. The van der Waals surface area contributed by atoms with Crippen LogP contribution in [0.2, 0.25) is 0 Å². The van der Waals surface area contributed by atoms with E-state index in [1.807, 2.05) is 4.90 Å². The van der Waals surface area contributed by atoms with Crippen LogP contribution in [0.25, 0.3) is 0 Å². The highest BCUT2D eigenvalue weighted by atomic mass is 16.3. The van der Waals surface area contributed by atoms with Crippen molar-refractivity contribution < 1.29 is 9.90 Å². The molecular formula is C16H26N4O2. The van der Waals surface area contributed by atoms with E-state index in [1.54, 1.807) is 17.1 Å². The lowest BCUT2D eigenvalue weighted by Crippen LogP contribution is -2.40. The molecule has 2 unspecified atom stereocenters. The first-order valence-electron chi connectivity index (χ1n) is 8.18. The Hall–Kier alpha value is -1.43. The van der Waals surface area contributed by atoms with Crippen molar-refractivity contribution >= 4 is 5.91 Å². The molecular weight excluding hydrogens is 280 g/mol. The van der Waals surface area contributed by atoms with Gasteiger partial charge < -0.3 is 10.0 Å². The summed E-state index contributed by atoms with van der Waals surface area (Å²) >= 11 is 0. The summed E-state index contributed by atoms with van der Waals surface area (Å²) < 4.78 is 1.66. The lowest BCUT2D eigenvalue weighted by Gasteiger charge is -2.39. The molecule has 3 rings (SSSR count). The number of amides is 1. The van der Waals surface area contributed by atoms with Crippen LogP contribution in [0, 0.1) is 17.3 Å². The van der Waals surface area contributed by atoms with Gasteiger partial charge in [-0.25, -0.2) is 4.68 Å². The van der Waals surface area contributed by atoms with E-state index < -0.39 is 6.10 Å². The van der Waals surface area contributed by atoms with Gasteiger partial charge in [-0.05, 0) is 30.6 Å². The fourth-order valence-corrected chi connectivity index (χ4v) is 4.40. The Morgan fingerprint density at radius 3 is 2.73 bits per heavy atom. The average Bonchev–Trinajstić information content (AvgIpc) is 3.04. The van der Waals surface area contributed by atoms with Crippen molar-refractivity contribution in [2.45, 2.75) is 52.2 Å². The third kappa shape index (κ3) is 3.02. The summed E-state index contributed by atoms with van der Waals surface area (Å²) in [4.78, 5) is 14.7. The summed E-state index contributed by atoms with van der Waals surface area (Å²) in [7, 11) is 0. The van der Waals surface area contributed by atoms with Crippen LogP contribution in [0.1, 0.15) is 46.1 Å². The monoisotopic (exact) mass is 306 g/mol. The third-order valence-electron chi connectivity index (χ3n) is 5.09. The van der Waals surface area contributed by atoms with Gasteiger partial charge in [0.1, 0.15) is 0 Å². The predicted molar refractivity (Wildman–Crippen MR) is 81.9 cm³/mol. The molecule has 6 nitrogen and oxygen atoms in total. The van der Waals surface area contributed by atoms with E-state index in [0.29, 0.717) is 19.0 Å². The molecule has 1 aliphatic heterocycles. The number of carbonyl (C=O) groups is 1. The van der Waals surface area contributed by atoms with Gasteiger partial charge in [-0.1, -0.05) is 26.0 Å². The molecule has 1 aromatic heterocycles. The van der Waals surface area contributed by atoms with Crippen LogP contribution >= 0.6 is 0 Å². The molecule has 2 heterocycles. The second-order valence-corrected chi connectivity index (χ2v) is 7.87. The van der Waals surface area contributed by atoms with Crippen LogP contribution in [0.5, 0.6) is 0 Å². The van der Waals surface area contributed by atoms with Gasteiger partial charge in [-0.3, -0.25) is 4.79 Å². The highest BCUT2D eigenvalue weighted by Gasteiger charge is 2.41. The van der Waals surface area contributed by atoms with Gasteiger partial charge in [0.05, 0.1) is 18.3 Å². The Labute approximate surface area is 131 Å². The summed E-state index contributed by atoms with van der Waals surface area (Å²) in [5.74, 6) is 0.859. The van der Waals surface area contributed by atoms with Gasteiger partial charge in [-0.15, -0.1) is 5.10 Å². The van der Waals surface area contributed by atoms with Crippen molar-refractivity contribution in [2.75, 3.05) is 13.1 Å². The van der Waals surface area contributed by atoms with Gasteiger partial charge in [0, 0.05) is 25.2 Å². The standard InChI is InChI=1S/C16H26N4O2/c1-11-6-12(8-16(2,3)7-11)15(22)19-9-13(14(21)10-19)20-5-4-17-18-20/h4-5,11-14,21H,6-10H2,1-3H3/t11?,12?,13-,14-/m1/s1. The van der Waals surface area contributed by atoms with E-state index in [0.717, 1.165) is 12.8 Å². The zero-order valence-electron chi connectivity index (χ0n) is 13.6. The Morgan fingerprint density at radius 1 is 1.32 bits per heavy atom. The summed E-state index contributed by atoms with van der Waals surface area (Å²) in [6, 6.07) is -0.180. The highest BCUT2D eigenvalue weighted by molar-refractivity contribution is 5.79. The summed E-state index contributed by atoms with van der Waals surface area (Å²) in [6.07, 6.45) is 5.86. The number of aliphatic hydroxyl groups is 1. The number of aromatic nitrogens is 3. The van der Waals surface area contributed by atoms with E-state index in [-0.39, 0.29) is 23.3 Å². The van der Waals surface area contributed by atoms with E-state index in [9.17, 15) is 9.90 Å². The fraction of sp³-hybridized carbons (Fsp3) is 0.812. The lowest BCUT2D eigenvalue weighted by molar-refractivity contribution is -0.138. The normalized spacial score (nSPS) is 34.8. The molecule has 1 saturated heterocycles. The van der Waals surface area contributed by atoms with Gasteiger partial charge in [0.15, 0.2) is 0 Å². The molecule has 6 heteroatoms. The van der Waals surface area contributed by atoms with Gasteiger partial charge in [0.2, 0.25) is 5.91 Å². The first kappa shape index (κ1) is 15.5. The van der Waals surface area contributed by atoms with E-state index >= 15 is 0 Å². The maximum absolute atomic E-state index is 12.9. The Bertz CT molecular complexity index is 528. The SMILES string of the molecule is CC1CC(C(=O)N2C[C@@H](O)[C@H](n3ccnn3)C2)CC(C)(C)C1. The number of hydrogen-bond donors (Lipinski definition) is 1. The minimum atomic E-state index is -0.570. The number of rotatable bonds is 2. The van der Waals surface area contributed by atoms with E-state index in [1.165, 1.54) is 6.42 Å². The molecule has 2 aliphatic rings. The molecule has 4 atom stereocenters. The van der Waals surface area contributed by atoms with Crippen molar-refractivity contribution in [1.82, 2.24) is 19.9 Å². The average molecular weight is 306 g/mol. The van der Waals surface area contributed by atoms with Gasteiger partial charge in [0.25, 0.3) is 0 Å². The first-order chi connectivity index (χ1) is 10.4. The molecule has 1 aromatic rings. The number of hydrogen-bond acceptors (Lipinski definition) is 4. The zero-order valence-corrected chi connectivity index (χ0v) is 13.6. The highest BCUT2D eigenvalue weighted by Crippen LogP contribution is 2.42. The molecule has 1 aliphatic carbocycles. The quantitative estimate of drug-likeness (QED) is 0.898. The Morgan fingerprint density at radius 2 is 2.09 bits per heavy atom. The maximum atomic E-state index is 12.9. The number of nitrogens with zero attached hydrogens (tertiary/aromatic N) is 4. The van der Waals surface area contributed by atoms with Crippen LogP contribution in [-0.4, -0.2) is 50.1 Å². The molecule has 2 fully saturated rings. The van der Waals surface area contributed by atoms with Crippen molar-refractivity contribution in [3.05, 3.63) is 12.4 Å². The molecule has 0 aromatic carbocycles. The fourth-order valence-electron chi connectivity index (χ4n) is 4.40. The summed E-state index contributed by atoms with van der Waals surface area (Å²) in [5.41, 5.74) is 0.224. The minimum absolute atomic E-state index is 0.0837. The summed E-state index contributed by atoms with van der Waals surface area (Å²) in [5, 5.41) is 18.0. The Kier molecular flexibility index (Phi) is 3.97. The maximum Gasteiger partial charge on any atom is 0.225 e. The number of β-amino-alcohol motifs (C(OH)–C–C–N with tert-alkyl or cyclic N) is 1. The third-order valence-corrected chi connectivity index (χ3v) is 5.09. The topological polar surface area (TPSA) is 71.2 Å².